The van der Waals surface area contributed by atoms with Crippen LogP contribution in [0.3, 0.4) is 0 Å². The summed E-state index contributed by atoms with van der Waals surface area (Å²) in [6, 6.07) is 4.62. The van der Waals surface area contributed by atoms with Crippen LogP contribution in [0.15, 0.2) is 18.2 Å². The monoisotopic (exact) mass is 274 g/mol. The Kier molecular flexibility index (Phi) is 11.8. The summed E-state index contributed by atoms with van der Waals surface area (Å²) >= 11 is 0. The molecule has 0 aliphatic rings. The lowest BCUT2D eigenvalue weighted by atomic mass is 10.1. The molecule has 7 heteroatoms. The predicted octanol–water partition coefficient (Wildman–Crippen LogP) is 1.57. The predicted molar refractivity (Wildman–Crippen MR) is 74.3 cm³/mol. The van der Waals surface area contributed by atoms with Crippen molar-refractivity contribution < 1.29 is 15.8 Å². The number of nitrogens with two attached hydrogens (primary N) is 1. The van der Waals surface area contributed by atoms with Gasteiger partial charge in [0.2, 0.25) is 0 Å². The Morgan fingerprint density at radius 1 is 1.63 bits per heavy atom. The van der Waals surface area contributed by atoms with Gasteiger partial charge in [-0.15, -0.1) is 0 Å². The molecule has 0 saturated heterocycles. The van der Waals surface area contributed by atoms with Crippen LogP contribution in [0, 0.1) is 18.2 Å². The molecule has 6 nitrogen and oxygen atoms in total. The van der Waals surface area contributed by atoms with Gasteiger partial charge in [-0.1, -0.05) is 18.2 Å². The Morgan fingerprint density at radius 3 is 2.58 bits per heavy atom. The number of aldehydes is 1. The fourth-order valence-electron chi connectivity index (χ4n) is 1.13. The van der Waals surface area contributed by atoms with Crippen molar-refractivity contribution in [2.24, 2.45) is 5.73 Å². The van der Waals surface area contributed by atoms with Crippen LogP contribution in [0.5, 0.6) is 0 Å². The smallest absolute Gasteiger partial charge is 0.139 e. The molecule has 1 aromatic carbocycles. The molecule has 0 spiro atoms. The lowest BCUT2D eigenvalue weighted by Crippen LogP contribution is -2.27. The van der Waals surface area contributed by atoms with Gasteiger partial charge in [0.1, 0.15) is 12.1 Å². The first-order valence-corrected chi connectivity index (χ1v) is 5.38. The second-order valence-corrected chi connectivity index (χ2v) is 3.56. The zero-order valence-corrected chi connectivity index (χ0v) is 10.9. The largest absolute Gasteiger partial charge is 0.344 e. The average Bonchev–Trinajstić information content (AvgIpc) is 2.40. The van der Waals surface area contributed by atoms with Crippen LogP contribution in [0.1, 0.15) is 19.0 Å². The fraction of sp³-hybridized carbons (Fsp3) is 0.333. The first-order chi connectivity index (χ1) is 8.60. The maximum Gasteiger partial charge on any atom is 0.139 e. The molecule has 0 bridgehead atoms. The molecule has 0 saturated carbocycles. The molecular formula is C12H23FN4O2. The van der Waals surface area contributed by atoms with Crippen molar-refractivity contribution in [3.8, 4) is 0 Å². The van der Waals surface area contributed by atoms with Crippen LogP contribution in [0.25, 0.3) is 0 Å². The van der Waals surface area contributed by atoms with Gasteiger partial charge in [0.25, 0.3) is 0 Å². The maximum atomic E-state index is 12.9. The molecule has 0 amide bonds. The molecule has 1 rings (SSSR count). The summed E-state index contributed by atoms with van der Waals surface area (Å²) < 4.78 is 12.9. The topological polar surface area (TPSA) is 134 Å². The van der Waals surface area contributed by atoms with Crippen LogP contribution in [0.4, 0.5) is 4.39 Å². The van der Waals surface area contributed by atoms with Crippen molar-refractivity contribution in [3.63, 3.8) is 0 Å². The number of carbonyl (C=O) groups excluding carboxylic acids is 1. The van der Waals surface area contributed by atoms with Crippen molar-refractivity contribution in [2.45, 2.75) is 25.9 Å². The van der Waals surface area contributed by atoms with E-state index in [1.165, 1.54) is 0 Å². The molecular weight excluding hydrogens is 251 g/mol. The minimum Gasteiger partial charge on any atom is -0.344 e. The second kappa shape index (κ2) is 11.4. The highest BCUT2D eigenvalue weighted by atomic mass is 19.1. The number of rotatable bonds is 5. The maximum absolute atomic E-state index is 12.9. The highest BCUT2D eigenvalue weighted by Gasteiger charge is 2.00. The molecule has 1 atom stereocenters. The summed E-state index contributed by atoms with van der Waals surface area (Å²) in [5, 5.41) is 14.6. The van der Waals surface area contributed by atoms with Gasteiger partial charge in [0.05, 0.1) is 6.04 Å². The van der Waals surface area contributed by atoms with Crippen molar-refractivity contribution in [1.29, 1.82) is 5.41 Å². The van der Waals surface area contributed by atoms with E-state index in [1.54, 1.807) is 30.6 Å². The lowest BCUT2D eigenvalue weighted by Gasteiger charge is -2.00. The molecule has 0 aliphatic carbocycles. The standard InChI is InChI=1S/C8H10FN.C4H8N2O2.H3N.H2/c1-6-3-2-4-7(5-10)8(6)9;5-2-1-4(3-7)6-8;;/h2-4H,5,10H2,1H3;2-6,8H,1H2;1H3;1H/t;4-;;/m.0../s1. The number of halogens is 1. The third-order valence-corrected chi connectivity index (χ3v) is 2.19. The SMILES string of the molecule is Cc1cccc(CN)c1F.N.N=CC[C@@H](C=O)NO.[HH]. The van der Waals surface area contributed by atoms with Gasteiger partial charge < -0.3 is 27.3 Å². The van der Waals surface area contributed by atoms with Gasteiger partial charge in [-0.25, -0.2) is 4.39 Å². The molecule has 0 aromatic heterocycles. The van der Waals surface area contributed by atoms with Crippen LogP contribution in [0.2, 0.25) is 0 Å². The van der Waals surface area contributed by atoms with E-state index in [9.17, 15) is 9.18 Å². The van der Waals surface area contributed by atoms with Crippen molar-refractivity contribution >= 4 is 12.5 Å². The van der Waals surface area contributed by atoms with Gasteiger partial charge in [0, 0.05) is 20.0 Å². The van der Waals surface area contributed by atoms with Gasteiger partial charge in [-0.2, -0.15) is 5.48 Å². The lowest BCUT2D eigenvalue weighted by molar-refractivity contribution is -0.111. The second-order valence-electron chi connectivity index (χ2n) is 3.56. The Hall–Kier alpha value is -1.67. The van der Waals surface area contributed by atoms with E-state index >= 15 is 0 Å². The normalized spacial score (nSPS) is 10.5. The Morgan fingerprint density at radius 2 is 2.26 bits per heavy atom. The summed E-state index contributed by atoms with van der Waals surface area (Å²) in [6.45, 7) is 2.00. The van der Waals surface area contributed by atoms with Crippen molar-refractivity contribution in [2.75, 3.05) is 0 Å². The molecule has 110 valence electrons. The summed E-state index contributed by atoms with van der Waals surface area (Å²) in [5.74, 6) is -0.176. The molecule has 0 heterocycles. The third-order valence-electron chi connectivity index (χ3n) is 2.19. The molecule has 1 aromatic rings. The van der Waals surface area contributed by atoms with Gasteiger partial charge >= 0.3 is 0 Å². The van der Waals surface area contributed by atoms with Crippen molar-refractivity contribution in [1.82, 2.24) is 11.6 Å². The van der Waals surface area contributed by atoms with Crippen LogP contribution in [-0.2, 0) is 11.3 Å². The highest BCUT2D eigenvalue weighted by molar-refractivity contribution is 5.66. The van der Waals surface area contributed by atoms with E-state index in [4.69, 9.17) is 16.4 Å². The minimum absolute atomic E-state index is 0. The first kappa shape index (κ1) is 19.7. The van der Waals surface area contributed by atoms with E-state index in [0.717, 1.165) is 6.21 Å². The Labute approximate surface area is 113 Å². The summed E-state index contributed by atoms with van der Waals surface area (Å²) in [4.78, 5) is 9.80. The third kappa shape index (κ3) is 7.37. The van der Waals surface area contributed by atoms with E-state index in [0.29, 0.717) is 17.4 Å². The van der Waals surface area contributed by atoms with E-state index < -0.39 is 6.04 Å². The molecule has 19 heavy (non-hydrogen) atoms. The number of hydrogen-bond acceptors (Lipinski definition) is 6. The minimum atomic E-state index is -0.618. The summed E-state index contributed by atoms with van der Waals surface area (Å²) in [5.41, 5.74) is 8.25. The summed E-state index contributed by atoms with van der Waals surface area (Å²) in [7, 11) is 0. The number of aryl methyl sites for hydroxylation is 1. The highest BCUT2D eigenvalue weighted by Crippen LogP contribution is 2.10. The number of hydroxylamine groups is 1. The van der Waals surface area contributed by atoms with E-state index in [-0.39, 0.29) is 26.4 Å². The molecule has 0 unspecified atom stereocenters. The number of nitrogens with one attached hydrogen (secondary N) is 2. The van der Waals surface area contributed by atoms with Gasteiger partial charge in [-0.3, -0.25) is 0 Å². The number of hydrogen-bond donors (Lipinski definition) is 5. The Bertz CT molecular complexity index is 394. The zero-order valence-electron chi connectivity index (χ0n) is 10.9. The van der Waals surface area contributed by atoms with Crippen LogP contribution in [-0.4, -0.2) is 23.7 Å². The van der Waals surface area contributed by atoms with E-state index in [1.807, 2.05) is 0 Å². The van der Waals surface area contributed by atoms with Gasteiger partial charge in [0.15, 0.2) is 0 Å². The first-order valence-electron chi connectivity index (χ1n) is 5.38. The Balaban J connectivity index is -0.000000269. The summed E-state index contributed by atoms with van der Waals surface area (Å²) in [6.07, 6.45) is 1.84. The fourth-order valence-corrected chi connectivity index (χ4v) is 1.13. The average molecular weight is 274 g/mol. The van der Waals surface area contributed by atoms with Gasteiger partial charge in [-0.05, 0) is 18.7 Å². The van der Waals surface area contributed by atoms with E-state index in [2.05, 4.69) is 0 Å². The molecule has 0 aliphatic heterocycles. The van der Waals surface area contributed by atoms with Crippen molar-refractivity contribution in [3.05, 3.63) is 35.1 Å². The molecule has 0 fully saturated rings. The number of benzene rings is 1. The quantitative estimate of drug-likeness (QED) is 0.315. The zero-order chi connectivity index (χ0) is 14.0. The molecule has 8 N–H and O–H groups in total. The molecule has 0 radical (unpaired) electrons. The number of carbonyl (C=O) groups is 1. The van der Waals surface area contributed by atoms with Crippen LogP contribution >= 0.6 is 0 Å². The van der Waals surface area contributed by atoms with Crippen LogP contribution < -0.4 is 17.4 Å².